The van der Waals surface area contributed by atoms with Gasteiger partial charge in [0.15, 0.2) is 5.82 Å². The van der Waals surface area contributed by atoms with Crippen LogP contribution in [0, 0.1) is 17.1 Å². The number of anilines is 1. The molecule has 0 atom stereocenters. The highest BCUT2D eigenvalue weighted by molar-refractivity contribution is 6.44. The number of halogens is 4. The second-order valence-corrected chi connectivity index (χ2v) is 12.0. The van der Waals surface area contributed by atoms with E-state index in [1.165, 1.54) is 13.0 Å². The Morgan fingerprint density at radius 3 is 2.47 bits per heavy atom. The summed E-state index contributed by atoms with van der Waals surface area (Å²) in [6.07, 6.45) is 4.59. The monoisotopic (exact) mass is 641 g/mol. The Bertz CT molecular complexity index is 1750. The first-order chi connectivity index (χ1) is 20.6. The minimum atomic E-state index is -0.557. The van der Waals surface area contributed by atoms with Crippen molar-refractivity contribution in [2.45, 2.75) is 31.8 Å². The number of benzene rings is 2. The maximum absolute atomic E-state index is 16.5. The molecule has 2 aliphatic heterocycles. The fraction of sp³-hybridized carbons (Fsp3) is 0.355. The fourth-order valence-electron chi connectivity index (χ4n) is 5.74. The molecule has 0 saturated carbocycles. The number of aromatic nitrogens is 3. The number of nitriles is 1. The molecule has 0 aliphatic carbocycles. The van der Waals surface area contributed by atoms with E-state index in [-0.39, 0.29) is 33.1 Å². The summed E-state index contributed by atoms with van der Waals surface area (Å²) in [6, 6.07) is 8.97. The molecular formula is C31H31Cl3FN7O. The van der Waals surface area contributed by atoms with Gasteiger partial charge >= 0.3 is 0 Å². The van der Waals surface area contributed by atoms with Gasteiger partial charge in [0.2, 0.25) is 5.91 Å². The van der Waals surface area contributed by atoms with Crippen molar-refractivity contribution in [2.24, 2.45) is 0 Å². The number of hydrogen-bond donors (Lipinski definition) is 0. The molecule has 6 rings (SSSR count). The van der Waals surface area contributed by atoms with Gasteiger partial charge in [-0.3, -0.25) is 9.48 Å². The minimum absolute atomic E-state index is 0.0274. The topological polar surface area (TPSA) is 81.3 Å². The second kappa shape index (κ2) is 12.7. The van der Waals surface area contributed by atoms with E-state index in [4.69, 9.17) is 50.1 Å². The molecule has 0 spiro atoms. The van der Waals surface area contributed by atoms with Crippen LogP contribution in [0.3, 0.4) is 0 Å². The van der Waals surface area contributed by atoms with Crippen molar-refractivity contribution in [3.8, 4) is 17.2 Å². The highest BCUT2D eigenvalue weighted by atomic mass is 35.5. The highest BCUT2D eigenvalue weighted by Gasteiger charge is 2.33. The van der Waals surface area contributed by atoms with Crippen molar-refractivity contribution in [3.63, 3.8) is 0 Å². The van der Waals surface area contributed by atoms with Crippen molar-refractivity contribution in [1.82, 2.24) is 24.6 Å². The van der Waals surface area contributed by atoms with Crippen LogP contribution in [0.25, 0.3) is 32.9 Å². The molecule has 2 saturated heterocycles. The molecule has 2 aromatic heterocycles. The normalized spacial score (nSPS) is 15.8. The zero-order chi connectivity index (χ0) is 31.0. The number of piperidine rings is 1. The lowest BCUT2D eigenvalue weighted by atomic mass is 10.00. The molecule has 2 aromatic carbocycles. The van der Waals surface area contributed by atoms with Crippen LogP contribution in [0.15, 0.2) is 43.1 Å². The Balaban J connectivity index is 0.00000118. The summed E-state index contributed by atoms with van der Waals surface area (Å²) >= 11 is 19.5. The van der Waals surface area contributed by atoms with Crippen molar-refractivity contribution in [3.05, 3.63) is 64.0 Å². The van der Waals surface area contributed by atoms with E-state index in [2.05, 4.69) is 30.5 Å². The molecule has 12 heteroatoms. The Kier molecular flexibility index (Phi) is 9.14. The summed E-state index contributed by atoms with van der Waals surface area (Å²) in [6.45, 7) is 7.77. The van der Waals surface area contributed by atoms with Crippen LogP contribution in [0.2, 0.25) is 15.1 Å². The number of likely N-dealkylation sites (N-methyl/N-ethyl adjacent to an activating group) is 1. The van der Waals surface area contributed by atoms with Crippen LogP contribution in [-0.4, -0.2) is 76.8 Å². The van der Waals surface area contributed by atoms with Crippen molar-refractivity contribution in [2.75, 3.05) is 45.2 Å². The van der Waals surface area contributed by atoms with Crippen LogP contribution in [-0.2, 0) is 4.79 Å². The maximum Gasteiger partial charge on any atom is 0.245 e. The molecule has 0 radical (unpaired) electrons. The molecule has 0 unspecified atom stereocenters. The summed E-state index contributed by atoms with van der Waals surface area (Å²) in [4.78, 5) is 23.2. The number of carbonyl (C=O) groups excluding carboxylic acids is 1. The summed E-state index contributed by atoms with van der Waals surface area (Å²) in [5, 5.41) is 14.3. The standard InChI is InChI=1S/C29H28Cl3FN6O.C2H3N/c1-4-23(40)37-10-8-16(9-11-37)39-28-19-12-22(31)24(18-6-5-7-21(30)25(18)32)26(33)27(19)35-29(20(28)13-34-39)38-14-17(15-38)36(2)3;1-2-3/h4-7,12-13,16-17H,1,8-11,14-15H2,2-3H3;1H3. The van der Waals surface area contributed by atoms with Gasteiger partial charge in [0.05, 0.1) is 44.3 Å². The van der Waals surface area contributed by atoms with E-state index in [9.17, 15) is 4.79 Å². The molecule has 0 N–H and O–H groups in total. The number of fused-ring (bicyclic) bond motifs is 3. The predicted molar refractivity (Wildman–Crippen MR) is 171 cm³/mol. The van der Waals surface area contributed by atoms with Crippen LogP contribution in [0.4, 0.5) is 10.2 Å². The van der Waals surface area contributed by atoms with Gasteiger partial charge in [-0.1, -0.05) is 53.5 Å². The van der Waals surface area contributed by atoms with E-state index >= 15 is 4.39 Å². The van der Waals surface area contributed by atoms with Crippen molar-refractivity contribution >= 4 is 68.3 Å². The summed E-state index contributed by atoms with van der Waals surface area (Å²) < 4.78 is 18.5. The number of likely N-dealkylation sites (tertiary alicyclic amines) is 1. The molecule has 0 bridgehead atoms. The lowest BCUT2D eigenvalue weighted by molar-refractivity contribution is -0.127. The number of amides is 1. The molecule has 2 fully saturated rings. The second-order valence-electron chi connectivity index (χ2n) is 10.8. The van der Waals surface area contributed by atoms with Gasteiger partial charge in [-0.2, -0.15) is 10.4 Å². The fourth-order valence-corrected chi connectivity index (χ4v) is 6.42. The first kappa shape index (κ1) is 31.0. The van der Waals surface area contributed by atoms with Crippen LogP contribution < -0.4 is 4.90 Å². The predicted octanol–water partition coefficient (Wildman–Crippen LogP) is 6.98. The largest absolute Gasteiger partial charge is 0.353 e. The first-order valence-electron chi connectivity index (χ1n) is 13.9. The Labute approximate surface area is 264 Å². The van der Waals surface area contributed by atoms with Gasteiger partial charge in [0.1, 0.15) is 11.3 Å². The maximum atomic E-state index is 16.5. The average Bonchev–Trinajstić information content (AvgIpc) is 3.41. The third kappa shape index (κ3) is 5.65. The number of rotatable bonds is 5. The van der Waals surface area contributed by atoms with Crippen LogP contribution in [0.1, 0.15) is 25.8 Å². The lowest BCUT2D eigenvalue weighted by Crippen LogP contribution is -2.57. The van der Waals surface area contributed by atoms with E-state index in [1.807, 2.05) is 10.9 Å². The molecule has 2 aliphatic rings. The number of carbonyl (C=O) groups is 1. The van der Waals surface area contributed by atoms with Gasteiger partial charge < -0.3 is 14.7 Å². The van der Waals surface area contributed by atoms with Crippen LogP contribution in [0.5, 0.6) is 0 Å². The van der Waals surface area contributed by atoms with Crippen LogP contribution >= 0.6 is 34.8 Å². The zero-order valence-electron chi connectivity index (χ0n) is 24.1. The van der Waals surface area contributed by atoms with Gasteiger partial charge in [0.25, 0.3) is 0 Å². The van der Waals surface area contributed by atoms with E-state index in [0.717, 1.165) is 24.0 Å². The van der Waals surface area contributed by atoms with Gasteiger partial charge in [-0.15, -0.1) is 0 Å². The third-order valence-corrected chi connectivity index (χ3v) is 9.23. The highest BCUT2D eigenvalue weighted by Crippen LogP contribution is 2.44. The van der Waals surface area contributed by atoms with Gasteiger partial charge in [-0.25, -0.2) is 9.37 Å². The first-order valence-corrected chi connectivity index (χ1v) is 15.0. The quantitative estimate of drug-likeness (QED) is 0.219. The van der Waals surface area contributed by atoms with Gasteiger partial charge in [-0.05, 0) is 45.1 Å². The number of pyridine rings is 1. The van der Waals surface area contributed by atoms with E-state index in [0.29, 0.717) is 53.8 Å². The Morgan fingerprint density at radius 2 is 1.84 bits per heavy atom. The Morgan fingerprint density at radius 1 is 1.16 bits per heavy atom. The molecule has 8 nitrogen and oxygen atoms in total. The number of hydrogen-bond acceptors (Lipinski definition) is 6. The van der Waals surface area contributed by atoms with Crippen molar-refractivity contribution in [1.29, 1.82) is 5.26 Å². The molecule has 224 valence electrons. The lowest BCUT2D eigenvalue weighted by Gasteiger charge is -2.43. The number of nitrogens with zero attached hydrogens (tertiary/aromatic N) is 7. The summed E-state index contributed by atoms with van der Waals surface area (Å²) in [5.74, 6) is 0.0594. The minimum Gasteiger partial charge on any atom is -0.353 e. The van der Waals surface area contributed by atoms with Gasteiger partial charge in [0, 0.05) is 55.7 Å². The summed E-state index contributed by atoms with van der Waals surface area (Å²) in [7, 11) is 4.10. The smallest absolute Gasteiger partial charge is 0.245 e. The van der Waals surface area contributed by atoms with E-state index < -0.39 is 5.82 Å². The Hall–Kier alpha value is -3.42. The molecule has 4 aromatic rings. The zero-order valence-corrected chi connectivity index (χ0v) is 26.4. The average molecular weight is 643 g/mol. The molecular weight excluding hydrogens is 612 g/mol. The molecule has 4 heterocycles. The molecule has 1 amide bonds. The molecule has 43 heavy (non-hydrogen) atoms. The van der Waals surface area contributed by atoms with Crippen molar-refractivity contribution < 1.29 is 9.18 Å². The third-order valence-electron chi connectivity index (χ3n) is 8.11. The van der Waals surface area contributed by atoms with E-state index in [1.54, 1.807) is 35.2 Å². The SMILES string of the molecule is C=CC(=O)N1CCC(n2ncc3c(N4CC(N(C)C)C4)nc4c(F)c(-c5cccc(Cl)c5Cl)c(Cl)cc4c32)CC1.CC#N. The summed E-state index contributed by atoms with van der Waals surface area (Å²) in [5.41, 5.74) is 1.56.